The van der Waals surface area contributed by atoms with Gasteiger partial charge in [0.15, 0.2) is 16.2 Å². The molecular formula is C29H29N2O9S2-. The van der Waals surface area contributed by atoms with Crippen LogP contribution in [-0.2, 0) is 25.0 Å². The summed E-state index contributed by atoms with van der Waals surface area (Å²) >= 11 is 0. The maximum absolute atomic E-state index is 13.7. The quantitative estimate of drug-likeness (QED) is 0.217. The molecule has 42 heavy (non-hydrogen) atoms. The first-order valence-electron chi connectivity index (χ1n) is 12.9. The van der Waals surface area contributed by atoms with Crippen molar-refractivity contribution in [1.82, 2.24) is 4.90 Å². The molecule has 0 saturated carbocycles. The fourth-order valence-corrected chi connectivity index (χ4v) is 6.49. The lowest BCUT2D eigenvalue weighted by atomic mass is 9.90. The molecule has 0 fully saturated rings. The van der Waals surface area contributed by atoms with Gasteiger partial charge >= 0.3 is 0 Å². The number of Topliss-reactive ketones (excluding diaryl/α,β-unsaturated/α-hetero) is 1. The summed E-state index contributed by atoms with van der Waals surface area (Å²) < 4.78 is 79.7. The summed E-state index contributed by atoms with van der Waals surface area (Å²) in [5.74, 6) is -1.03. The van der Waals surface area contributed by atoms with Crippen molar-refractivity contribution in [2.24, 2.45) is 5.92 Å². The molecule has 0 unspecified atom stereocenters. The highest BCUT2D eigenvalue weighted by Crippen LogP contribution is 2.45. The first-order chi connectivity index (χ1) is 19.5. The molecule has 0 aromatic heterocycles. The maximum atomic E-state index is 13.7. The minimum atomic E-state index is -5.25. The molecule has 0 atom stereocenters. The normalized spacial score (nSPS) is 12.3. The van der Waals surface area contributed by atoms with E-state index < -0.39 is 52.6 Å². The molecule has 2 aromatic rings. The van der Waals surface area contributed by atoms with E-state index in [1.807, 2.05) is 0 Å². The van der Waals surface area contributed by atoms with E-state index in [9.17, 15) is 35.5 Å². The van der Waals surface area contributed by atoms with Gasteiger partial charge < -0.3 is 18.4 Å². The predicted octanol–water partition coefficient (Wildman–Crippen LogP) is 2.06. The number of rotatable bonds is 9. The summed E-state index contributed by atoms with van der Waals surface area (Å²) in [5.41, 5.74) is 0.186. The van der Waals surface area contributed by atoms with Crippen molar-refractivity contribution in [2.75, 3.05) is 13.6 Å². The van der Waals surface area contributed by atoms with Crippen molar-refractivity contribution in [3.8, 4) is 22.5 Å². The number of ketones is 1. The van der Waals surface area contributed by atoms with Gasteiger partial charge in [0.2, 0.25) is 5.36 Å². The number of nitrogens with two attached hydrogens (primary N) is 1. The molecule has 1 amide bonds. The molecule has 222 valence electrons. The largest absolute Gasteiger partial charge is 0.744 e. The number of benzene rings is 3. The second-order valence-corrected chi connectivity index (χ2v) is 13.0. The van der Waals surface area contributed by atoms with E-state index in [0.29, 0.717) is 12.8 Å². The van der Waals surface area contributed by atoms with Crippen LogP contribution in [0.25, 0.3) is 33.4 Å². The molecular weight excluding hydrogens is 584 g/mol. The van der Waals surface area contributed by atoms with Gasteiger partial charge in [0.05, 0.1) is 0 Å². The third-order valence-corrected chi connectivity index (χ3v) is 8.96. The van der Waals surface area contributed by atoms with Crippen LogP contribution < -0.4 is 10.8 Å². The Morgan fingerprint density at radius 1 is 0.929 bits per heavy atom. The average Bonchev–Trinajstić information content (AvgIpc) is 2.89. The Hall–Kier alpha value is -3.91. The average molecular weight is 614 g/mol. The highest BCUT2D eigenvalue weighted by atomic mass is 32.2. The van der Waals surface area contributed by atoms with Gasteiger partial charge in [-0.05, 0) is 36.6 Å². The Morgan fingerprint density at radius 3 is 2.19 bits per heavy atom. The van der Waals surface area contributed by atoms with Crippen molar-refractivity contribution in [1.29, 1.82) is 0 Å². The number of fused-ring (bicyclic) bond motifs is 2. The summed E-state index contributed by atoms with van der Waals surface area (Å²) in [6.45, 7) is 5.24. The van der Waals surface area contributed by atoms with Gasteiger partial charge in [-0.3, -0.25) is 15.0 Å². The third-order valence-electron chi connectivity index (χ3n) is 7.03. The van der Waals surface area contributed by atoms with Gasteiger partial charge in [-0.15, -0.1) is 0 Å². The van der Waals surface area contributed by atoms with Crippen molar-refractivity contribution >= 4 is 42.9 Å². The van der Waals surface area contributed by atoms with E-state index in [-0.39, 0.29) is 51.4 Å². The molecule has 11 nitrogen and oxygen atoms in total. The summed E-state index contributed by atoms with van der Waals surface area (Å²) in [5, 5.41) is 5.51. The Bertz CT molecular complexity index is 1980. The van der Waals surface area contributed by atoms with Crippen LogP contribution in [0.2, 0.25) is 0 Å². The molecule has 2 aromatic carbocycles. The van der Waals surface area contributed by atoms with Gasteiger partial charge in [-0.2, -0.15) is 0 Å². The lowest BCUT2D eigenvalue weighted by Gasteiger charge is -2.23. The van der Waals surface area contributed by atoms with Crippen LogP contribution in [0.15, 0.2) is 62.7 Å². The molecule has 4 rings (SSSR count). The number of hydrogen-bond acceptors (Lipinski definition) is 9. The number of amides is 1. The van der Waals surface area contributed by atoms with E-state index in [0.717, 1.165) is 0 Å². The number of aryl methyl sites for hydroxylation is 1. The van der Waals surface area contributed by atoms with E-state index >= 15 is 0 Å². The highest BCUT2D eigenvalue weighted by molar-refractivity contribution is 7.86. The highest BCUT2D eigenvalue weighted by Gasteiger charge is 2.30. The topological polar surface area (TPSA) is 191 Å². The predicted molar refractivity (Wildman–Crippen MR) is 150 cm³/mol. The van der Waals surface area contributed by atoms with Crippen LogP contribution in [0.5, 0.6) is 0 Å². The molecule has 2 N–H and O–H groups in total. The maximum Gasteiger partial charge on any atom is 0.254 e. The van der Waals surface area contributed by atoms with Crippen LogP contribution in [0.1, 0.15) is 42.6 Å². The molecule has 13 heteroatoms. The minimum absolute atomic E-state index is 0.0297. The lowest BCUT2D eigenvalue weighted by Crippen LogP contribution is -2.47. The fraction of sp³-hybridized carbons (Fsp3) is 0.276. The van der Waals surface area contributed by atoms with Gasteiger partial charge in [0.1, 0.15) is 30.9 Å². The van der Waals surface area contributed by atoms with E-state index in [4.69, 9.17) is 9.83 Å². The Labute approximate surface area is 243 Å². The molecule has 0 saturated heterocycles. The lowest BCUT2D eigenvalue weighted by molar-refractivity contribution is -0.176. The van der Waals surface area contributed by atoms with Crippen LogP contribution in [-0.4, -0.2) is 56.1 Å². The SMILES string of the molecule is Cc1ccc2c(-c3ccccc3C(=O)N(C)CCCC(=O)C(C)C)c3ccc(=[NH2+])c(S(=O)(=O)[O-])c-3oc2c1S(=O)(=O)[O-]. The van der Waals surface area contributed by atoms with E-state index in [1.165, 1.54) is 42.2 Å². The van der Waals surface area contributed by atoms with Gasteiger partial charge in [-0.25, -0.2) is 16.8 Å². The first-order valence-corrected chi connectivity index (χ1v) is 15.8. The van der Waals surface area contributed by atoms with E-state index in [2.05, 4.69) is 0 Å². The molecule has 1 heterocycles. The number of nitrogens with zero attached hydrogens (tertiary/aromatic N) is 1. The monoisotopic (exact) mass is 613 g/mol. The second-order valence-electron chi connectivity index (χ2n) is 10.3. The zero-order valence-corrected chi connectivity index (χ0v) is 25.0. The molecule has 0 radical (unpaired) electrons. The smallest absolute Gasteiger partial charge is 0.254 e. The van der Waals surface area contributed by atoms with Crippen LogP contribution in [0, 0.1) is 12.8 Å². The zero-order valence-electron chi connectivity index (χ0n) is 23.3. The van der Waals surface area contributed by atoms with Crippen LogP contribution >= 0.6 is 0 Å². The van der Waals surface area contributed by atoms with Crippen molar-refractivity contribution in [3.05, 3.63) is 65.0 Å². The van der Waals surface area contributed by atoms with Crippen LogP contribution in [0.3, 0.4) is 0 Å². The number of carbonyl (C=O) groups excluding carboxylic acids is 2. The molecule has 0 bridgehead atoms. The third kappa shape index (κ3) is 5.86. The standard InChI is InChI=1S/C29H30N2O9S2/c1-16(2)23(32)10-7-15-31(4)29(33)19-9-6-5-8-18(19)24-20-12-11-17(3)27(41(34,35)36)25(20)40-26-21(24)13-14-22(30)28(26)42(37,38)39/h5-6,8-9,11-14,16,30H,7,10,15H2,1-4H3,(H,34,35,36)(H,37,38,39)/p-1. The molecule has 1 aliphatic heterocycles. The molecule has 0 spiro atoms. The Balaban J connectivity index is 2.04. The molecule has 2 aliphatic rings. The minimum Gasteiger partial charge on any atom is -0.744 e. The summed E-state index contributed by atoms with van der Waals surface area (Å²) in [6.07, 6.45) is 0.734. The number of carbonyl (C=O) groups is 2. The van der Waals surface area contributed by atoms with Crippen molar-refractivity contribution in [3.63, 3.8) is 0 Å². The fourth-order valence-electron chi connectivity index (χ4n) is 4.92. The van der Waals surface area contributed by atoms with Crippen molar-refractivity contribution < 1.29 is 45.4 Å². The van der Waals surface area contributed by atoms with E-state index in [1.54, 1.807) is 39.1 Å². The first kappa shape index (κ1) is 31.0. The Kier molecular flexibility index (Phi) is 8.43. The summed E-state index contributed by atoms with van der Waals surface area (Å²) in [7, 11) is -8.83. The van der Waals surface area contributed by atoms with Gasteiger partial charge in [0, 0.05) is 54.1 Å². The number of hydrogen-bond donors (Lipinski definition) is 1. The van der Waals surface area contributed by atoms with Gasteiger partial charge in [0.25, 0.3) is 5.91 Å². The summed E-state index contributed by atoms with van der Waals surface area (Å²) in [6, 6.07) is 11.8. The zero-order chi connectivity index (χ0) is 31.1. The Morgan fingerprint density at radius 2 is 1.57 bits per heavy atom. The second kappa shape index (κ2) is 11.4. The summed E-state index contributed by atoms with van der Waals surface area (Å²) in [4.78, 5) is 25.5. The van der Waals surface area contributed by atoms with Crippen molar-refractivity contribution in [2.45, 2.75) is 43.4 Å². The van der Waals surface area contributed by atoms with Crippen LogP contribution in [0.4, 0.5) is 0 Å². The molecule has 1 aliphatic carbocycles. The van der Waals surface area contributed by atoms with Gasteiger partial charge in [-0.1, -0.05) is 44.2 Å².